The number of carbonyl (C=O) groups is 1. The Morgan fingerprint density at radius 1 is 0.857 bits per heavy atom. The molecular formula is C9H6F10O2. The lowest BCUT2D eigenvalue weighted by Crippen LogP contribution is -2.53. The molecule has 0 saturated carbocycles. The number of rotatable bonds is 4. The predicted octanol–water partition coefficient (Wildman–Crippen LogP) is 3.87. The van der Waals surface area contributed by atoms with Crippen LogP contribution >= 0.6 is 0 Å². The fraction of sp³-hybridized carbons (Fsp3) is 0.667. The first kappa shape index (κ1) is 19.5. The molecule has 0 amide bonds. The van der Waals surface area contributed by atoms with Crippen LogP contribution in [0.1, 0.15) is 6.42 Å². The van der Waals surface area contributed by atoms with Crippen LogP contribution in [-0.4, -0.2) is 36.8 Å². The van der Waals surface area contributed by atoms with E-state index < -0.39 is 48.8 Å². The Bertz CT molecular complexity index is 388. The molecule has 12 heteroatoms. The van der Waals surface area contributed by atoms with Crippen LogP contribution < -0.4 is 0 Å². The molecule has 0 radical (unpaired) electrons. The molecule has 0 atom stereocenters. The molecule has 0 spiro atoms. The largest absolute Gasteiger partial charge is 0.462 e. The standard InChI is InChI=1S/C9H6F10O2/c1-4(7(11,12)13)5(20)21-3-2-6(10,8(14,15)16)9(17,18)19/h1-3H2. The summed E-state index contributed by atoms with van der Waals surface area (Å²) in [5.74, 6) is -2.30. The van der Waals surface area contributed by atoms with Crippen molar-refractivity contribution in [2.24, 2.45) is 0 Å². The minimum atomic E-state index is -6.38. The molecule has 0 aliphatic carbocycles. The average molecular weight is 336 g/mol. The molecule has 0 aromatic rings. The second kappa shape index (κ2) is 5.72. The topological polar surface area (TPSA) is 26.3 Å². The van der Waals surface area contributed by atoms with Crippen LogP contribution in [0.3, 0.4) is 0 Å². The Morgan fingerprint density at radius 3 is 1.52 bits per heavy atom. The van der Waals surface area contributed by atoms with Gasteiger partial charge in [0.2, 0.25) is 0 Å². The van der Waals surface area contributed by atoms with Gasteiger partial charge in [-0.05, 0) is 0 Å². The van der Waals surface area contributed by atoms with Crippen LogP contribution in [0.25, 0.3) is 0 Å². The van der Waals surface area contributed by atoms with Crippen LogP contribution in [0.15, 0.2) is 12.2 Å². The van der Waals surface area contributed by atoms with Gasteiger partial charge >= 0.3 is 30.2 Å². The van der Waals surface area contributed by atoms with Crippen molar-refractivity contribution in [1.82, 2.24) is 0 Å². The SMILES string of the molecule is C=C(C(=O)OCCC(F)(C(F)(F)F)C(F)(F)F)C(F)(F)F. The van der Waals surface area contributed by atoms with Gasteiger partial charge in [-0.2, -0.15) is 39.5 Å². The van der Waals surface area contributed by atoms with Crippen molar-refractivity contribution in [1.29, 1.82) is 0 Å². The minimum absolute atomic E-state index is 1.87. The van der Waals surface area contributed by atoms with E-state index in [0.29, 0.717) is 0 Å². The zero-order valence-electron chi connectivity index (χ0n) is 9.72. The van der Waals surface area contributed by atoms with Gasteiger partial charge in [0, 0.05) is 6.42 Å². The zero-order valence-corrected chi connectivity index (χ0v) is 9.72. The lowest BCUT2D eigenvalue weighted by Gasteiger charge is -2.29. The van der Waals surface area contributed by atoms with Crippen molar-refractivity contribution in [3.8, 4) is 0 Å². The third kappa shape index (κ3) is 4.49. The summed E-state index contributed by atoms with van der Waals surface area (Å²) in [5, 5.41) is 0. The molecule has 21 heavy (non-hydrogen) atoms. The highest BCUT2D eigenvalue weighted by Gasteiger charge is 2.72. The number of ether oxygens (including phenoxy) is 1. The summed E-state index contributed by atoms with van der Waals surface area (Å²) in [6.07, 6.45) is -20.5. The lowest BCUT2D eigenvalue weighted by molar-refractivity contribution is -0.344. The van der Waals surface area contributed by atoms with Gasteiger partial charge in [-0.25, -0.2) is 9.18 Å². The Kier molecular flexibility index (Phi) is 5.31. The normalized spacial score (nSPS) is 14.0. The van der Waals surface area contributed by atoms with Gasteiger partial charge in [0.15, 0.2) is 0 Å². The maximum absolute atomic E-state index is 13.0. The highest BCUT2D eigenvalue weighted by Crippen LogP contribution is 2.48. The number of alkyl halides is 10. The molecule has 0 unspecified atom stereocenters. The average Bonchev–Trinajstić information content (AvgIpc) is 2.23. The predicted molar refractivity (Wildman–Crippen MR) is 46.7 cm³/mol. The van der Waals surface area contributed by atoms with Crippen molar-refractivity contribution >= 4 is 5.97 Å². The summed E-state index contributed by atoms with van der Waals surface area (Å²) < 4.78 is 124. The fourth-order valence-corrected chi connectivity index (χ4v) is 0.931. The number of carbonyl (C=O) groups excluding carboxylic acids is 1. The van der Waals surface area contributed by atoms with Gasteiger partial charge in [-0.15, -0.1) is 0 Å². The van der Waals surface area contributed by atoms with Gasteiger partial charge in [-0.3, -0.25) is 0 Å². The van der Waals surface area contributed by atoms with Crippen LogP contribution in [0.4, 0.5) is 43.9 Å². The molecular weight excluding hydrogens is 330 g/mol. The van der Waals surface area contributed by atoms with Gasteiger partial charge in [0.05, 0.1) is 6.61 Å². The third-order valence-electron chi connectivity index (χ3n) is 2.17. The molecule has 0 rings (SSSR count). The highest BCUT2D eigenvalue weighted by atomic mass is 19.4. The fourth-order valence-electron chi connectivity index (χ4n) is 0.931. The summed E-state index contributed by atoms with van der Waals surface area (Å²) in [6.45, 7) is 0.329. The van der Waals surface area contributed by atoms with E-state index in [4.69, 9.17) is 0 Å². The molecule has 0 aliphatic heterocycles. The number of esters is 1. The Hall–Kier alpha value is -1.49. The molecule has 2 nitrogen and oxygen atoms in total. The van der Waals surface area contributed by atoms with Crippen molar-refractivity contribution in [3.05, 3.63) is 12.2 Å². The van der Waals surface area contributed by atoms with Gasteiger partial charge in [-0.1, -0.05) is 6.58 Å². The molecule has 0 aromatic heterocycles. The van der Waals surface area contributed by atoms with E-state index in [0.717, 1.165) is 0 Å². The van der Waals surface area contributed by atoms with Crippen molar-refractivity contribution in [2.75, 3.05) is 6.61 Å². The Balaban J connectivity index is 4.84. The van der Waals surface area contributed by atoms with E-state index >= 15 is 0 Å². The van der Waals surface area contributed by atoms with E-state index in [2.05, 4.69) is 11.3 Å². The summed E-state index contributed by atoms with van der Waals surface area (Å²) >= 11 is 0. The highest BCUT2D eigenvalue weighted by molar-refractivity contribution is 5.89. The van der Waals surface area contributed by atoms with E-state index in [1.807, 2.05) is 0 Å². The van der Waals surface area contributed by atoms with Gasteiger partial charge < -0.3 is 4.74 Å². The first-order chi connectivity index (χ1) is 9.04. The number of halogens is 10. The van der Waals surface area contributed by atoms with Crippen LogP contribution in [0.5, 0.6) is 0 Å². The smallest absolute Gasteiger partial charge is 0.431 e. The Morgan fingerprint density at radius 2 is 1.24 bits per heavy atom. The second-order valence-electron chi connectivity index (χ2n) is 3.66. The minimum Gasteiger partial charge on any atom is -0.462 e. The van der Waals surface area contributed by atoms with E-state index in [-0.39, 0.29) is 0 Å². The molecule has 0 heterocycles. The van der Waals surface area contributed by atoms with E-state index in [9.17, 15) is 48.7 Å². The first-order valence-electron chi connectivity index (χ1n) is 4.79. The number of hydrogen-bond donors (Lipinski definition) is 0. The maximum atomic E-state index is 13.0. The van der Waals surface area contributed by atoms with Gasteiger partial charge in [0.1, 0.15) is 5.57 Å². The molecule has 0 aliphatic rings. The van der Waals surface area contributed by atoms with Gasteiger partial charge in [0.25, 0.3) is 0 Å². The summed E-state index contributed by atoms with van der Waals surface area (Å²) in [5.41, 5.74) is -7.86. The summed E-state index contributed by atoms with van der Waals surface area (Å²) in [4.78, 5) is 10.6. The monoisotopic (exact) mass is 336 g/mol. The molecule has 0 aromatic carbocycles. The van der Waals surface area contributed by atoms with Crippen LogP contribution in [0, 0.1) is 0 Å². The van der Waals surface area contributed by atoms with Crippen molar-refractivity contribution in [2.45, 2.75) is 30.6 Å². The molecule has 0 fully saturated rings. The summed E-state index contributed by atoms with van der Waals surface area (Å²) in [6, 6.07) is 0. The lowest BCUT2D eigenvalue weighted by atomic mass is 10.0. The maximum Gasteiger partial charge on any atom is 0.431 e. The van der Waals surface area contributed by atoms with Crippen LogP contribution in [-0.2, 0) is 9.53 Å². The van der Waals surface area contributed by atoms with E-state index in [1.165, 1.54) is 0 Å². The summed E-state index contributed by atoms with van der Waals surface area (Å²) in [7, 11) is 0. The molecule has 0 N–H and O–H groups in total. The van der Waals surface area contributed by atoms with Crippen LogP contribution in [0.2, 0.25) is 0 Å². The Labute approximate surface area is 110 Å². The molecule has 124 valence electrons. The van der Waals surface area contributed by atoms with E-state index in [1.54, 1.807) is 0 Å². The third-order valence-corrected chi connectivity index (χ3v) is 2.17. The number of hydrogen-bond acceptors (Lipinski definition) is 2. The van der Waals surface area contributed by atoms with Crippen molar-refractivity contribution < 1.29 is 53.4 Å². The molecule has 0 saturated heterocycles. The first-order valence-corrected chi connectivity index (χ1v) is 4.79. The molecule has 0 bridgehead atoms. The quantitative estimate of drug-likeness (QED) is 0.443. The van der Waals surface area contributed by atoms with Crippen molar-refractivity contribution in [3.63, 3.8) is 0 Å². The second-order valence-corrected chi connectivity index (χ2v) is 3.66. The zero-order chi connectivity index (χ0) is 17.3.